The van der Waals surface area contributed by atoms with Gasteiger partial charge in [0, 0.05) is 12.1 Å². The molecule has 3 heteroatoms. The normalized spacial score (nSPS) is 23.2. The van der Waals surface area contributed by atoms with Crippen LogP contribution in [-0.4, -0.2) is 36.6 Å². The maximum atomic E-state index is 8.66. The first-order chi connectivity index (χ1) is 8.27. The minimum atomic E-state index is 0.388. The van der Waals surface area contributed by atoms with E-state index in [1.807, 2.05) is 0 Å². The molecule has 1 aliphatic rings. The first-order valence-electron chi connectivity index (χ1n) is 7.12. The zero-order valence-electron chi connectivity index (χ0n) is 11.4. The standard InChI is InChI=1S/C14H27N3/c1-3-14(8-9-15)16-10-6-12-17-11-5-4-7-13(17)2/h13-14,16H,3-8,10-12H2,1-2H3. The van der Waals surface area contributed by atoms with Crippen molar-refractivity contribution in [2.24, 2.45) is 0 Å². The lowest BCUT2D eigenvalue weighted by Gasteiger charge is -2.33. The molecule has 1 heterocycles. The number of rotatable bonds is 7. The van der Waals surface area contributed by atoms with Crippen molar-refractivity contribution >= 4 is 0 Å². The minimum absolute atomic E-state index is 0.388. The molecule has 0 saturated carbocycles. The van der Waals surface area contributed by atoms with E-state index in [0.29, 0.717) is 12.5 Å². The molecule has 2 unspecified atom stereocenters. The van der Waals surface area contributed by atoms with Crippen molar-refractivity contribution in [3.05, 3.63) is 0 Å². The number of piperidine rings is 1. The van der Waals surface area contributed by atoms with Crippen molar-refractivity contribution in [2.75, 3.05) is 19.6 Å². The van der Waals surface area contributed by atoms with Crippen LogP contribution >= 0.6 is 0 Å². The van der Waals surface area contributed by atoms with E-state index in [2.05, 4.69) is 30.1 Å². The Morgan fingerprint density at radius 3 is 2.94 bits per heavy atom. The molecule has 0 aliphatic carbocycles. The highest BCUT2D eigenvalue weighted by molar-refractivity contribution is 4.80. The molecule has 17 heavy (non-hydrogen) atoms. The number of nitriles is 1. The molecular weight excluding hydrogens is 210 g/mol. The number of nitrogens with one attached hydrogen (secondary N) is 1. The van der Waals surface area contributed by atoms with Crippen molar-refractivity contribution in [1.29, 1.82) is 5.26 Å². The second-order valence-corrected chi connectivity index (χ2v) is 5.16. The fourth-order valence-corrected chi connectivity index (χ4v) is 2.55. The van der Waals surface area contributed by atoms with Crippen LogP contribution in [0.5, 0.6) is 0 Å². The zero-order chi connectivity index (χ0) is 12.5. The van der Waals surface area contributed by atoms with E-state index in [1.165, 1.54) is 38.8 Å². The molecule has 3 nitrogen and oxygen atoms in total. The Hall–Kier alpha value is -0.590. The molecule has 2 atom stereocenters. The highest BCUT2D eigenvalue weighted by atomic mass is 15.2. The van der Waals surface area contributed by atoms with Crippen LogP contribution in [0.1, 0.15) is 52.4 Å². The first kappa shape index (κ1) is 14.5. The Kier molecular flexibility index (Phi) is 7.23. The van der Waals surface area contributed by atoms with Crippen LogP contribution in [0.4, 0.5) is 0 Å². The summed E-state index contributed by atoms with van der Waals surface area (Å²) in [5, 5.41) is 12.1. The summed E-state index contributed by atoms with van der Waals surface area (Å²) in [5.74, 6) is 0. The zero-order valence-corrected chi connectivity index (χ0v) is 11.4. The molecule has 0 spiro atoms. The molecular formula is C14H27N3. The third-order valence-electron chi connectivity index (χ3n) is 3.83. The molecule has 0 radical (unpaired) electrons. The average Bonchev–Trinajstić information content (AvgIpc) is 2.35. The lowest BCUT2D eigenvalue weighted by molar-refractivity contribution is 0.158. The van der Waals surface area contributed by atoms with E-state index in [0.717, 1.165) is 19.0 Å². The van der Waals surface area contributed by atoms with Gasteiger partial charge in [-0.2, -0.15) is 5.26 Å². The van der Waals surface area contributed by atoms with E-state index in [1.54, 1.807) is 0 Å². The molecule has 98 valence electrons. The van der Waals surface area contributed by atoms with Gasteiger partial charge in [0.25, 0.3) is 0 Å². The SMILES string of the molecule is CCC(CC#N)NCCCN1CCCCC1C. The molecule has 1 N–H and O–H groups in total. The van der Waals surface area contributed by atoms with E-state index in [4.69, 9.17) is 5.26 Å². The molecule has 0 aromatic heterocycles. The Balaban J connectivity index is 2.08. The molecule has 1 fully saturated rings. The number of likely N-dealkylation sites (tertiary alicyclic amines) is 1. The van der Waals surface area contributed by atoms with Gasteiger partial charge in [0.2, 0.25) is 0 Å². The van der Waals surface area contributed by atoms with Gasteiger partial charge in [-0.25, -0.2) is 0 Å². The maximum Gasteiger partial charge on any atom is 0.0638 e. The van der Waals surface area contributed by atoms with Crippen LogP contribution < -0.4 is 5.32 Å². The molecule has 0 bridgehead atoms. The van der Waals surface area contributed by atoms with Crippen LogP contribution in [-0.2, 0) is 0 Å². The van der Waals surface area contributed by atoms with Crippen LogP contribution in [0, 0.1) is 11.3 Å². The quantitative estimate of drug-likeness (QED) is 0.692. The van der Waals surface area contributed by atoms with Gasteiger partial charge >= 0.3 is 0 Å². The van der Waals surface area contributed by atoms with E-state index in [9.17, 15) is 0 Å². The van der Waals surface area contributed by atoms with Gasteiger partial charge in [0.1, 0.15) is 0 Å². The van der Waals surface area contributed by atoms with Gasteiger partial charge in [-0.1, -0.05) is 13.3 Å². The monoisotopic (exact) mass is 237 g/mol. The summed E-state index contributed by atoms with van der Waals surface area (Å²) >= 11 is 0. The van der Waals surface area contributed by atoms with Gasteiger partial charge < -0.3 is 10.2 Å². The van der Waals surface area contributed by atoms with Crippen LogP contribution in [0.15, 0.2) is 0 Å². The second-order valence-electron chi connectivity index (χ2n) is 5.16. The van der Waals surface area contributed by atoms with E-state index in [-0.39, 0.29) is 0 Å². The first-order valence-corrected chi connectivity index (χ1v) is 7.12. The van der Waals surface area contributed by atoms with Crippen molar-refractivity contribution in [3.8, 4) is 6.07 Å². The van der Waals surface area contributed by atoms with E-state index < -0.39 is 0 Å². The topological polar surface area (TPSA) is 39.1 Å². The van der Waals surface area contributed by atoms with E-state index >= 15 is 0 Å². The van der Waals surface area contributed by atoms with Gasteiger partial charge in [0.15, 0.2) is 0 Å². The summed E-state index contributed by atoms with van der Waals surface area (Å²) in [6, 6.07) is 3.40. The fraction of sp³-hybridized carbons (Fsp3) is 0.929. The average molecular weight is 237 g/mol. The predicted octanol–water partition coefficient (Wildman–Crippen LogP) is 2.53. The van der Waals surface area contributed by atoms with Crippen molar-refractivity contribution in [2.45, 2.75) is 64.5 Å². The van der Waals surface area contributed by atoms with Crippen molar-refractivity contribution < 1.29 is 0 Å². The summed E-state index contributed by atoms with van der Waals surface area (Å²) < 4.78 is 0. The lowest BCUT2D eigenvalue weighted by Crippen LogP contribution is -2.39. The minimum Gasteiger partial charge on any atom is -0.313 e. The highest BCUT2D eigenvalue weighted by Gasteiger charge is 2.17. The van der Waals surface area contributed by atoms with Gasteiger partial charge in [-0.3, -0.25) is 0 Å². The number of hydrogen-bond acceptors (Lipinski definition) is 3. The van der Waals surface area contributed by atoms with Crippen LogP contribution in [0.25, 0.3) is 0 Å². The molecule has 1 rings (SSSR count). The van der Waals surface area contributed by atoms with Crippen molar-refractivity contribution in [1.82, 2.24) is 10.2 Å². The third-order valence-corrected chi connectivity index (χ3v) is 3.83. The van der Waals surface area contributed by atoms with Crippen LogP contribution in [0.3, 0.4) is 0 Å². The Morgan fingerprint density at radius 2 is 2.29 bits per heavy atom. The summed E-state index contributed by atoms with van der Waals surface area (Å²) in [6.45, 7) is 8.01. The summed E-state index contributed by atoms with van der Waals surface area (Å²) in [6.07, 6.45) is 7.01. The number of hydrogen-bond donors (Lipinski definition) is 1. The van der Waals surface area contributed by atoms with Crippen molar-refractivity contribution in [3.63, 3.8) is 0 Å². The molecule has 0 aromatic carbocycles. The Bertz CT molecular complexity index is 234. The van der Waals surface area contributed by atoms with Gasteiger partial charge in [-0.15, -0.1) is 0 Å². The molecule has 1 aliphatic heterocycles. The van der Waals surface area contributed by atoms with Gasteiger partial charge in [-0.05, 0) is 52.2 Å². The summed E-state index contributed by atoms with van der Waals surface area (Å²) in [4.78, 5) is 2.61. The molecule has 0 aromatic rings. The second kappa shape index (κ2) is 8.49. The lowest BCUT2D eigenvalue weighted by atomic mass is 10.0. The summed E-state index contributed by atoms with van der Waals surface area (Å²) in [5.41, 5.74) is 0. The Labute approximate surface area is 106 Å². The fourth-order valence-electron chi connectivity index (χ4n) is 2.55. The largest absolute Gasteiger partial charge is 0.313 e. The van der Waals surface area contributed by atoms with Crippen LogP contribution in [0.2, 0.25) is 0 Å². The van der Waals surface area contributed by atoms with Gasteiger partial charge in [0.05, 0.1) is 12.5 Å². The summed E-state index contributed by atoms with van der Waals surface area (Å²) in [7, 11) is 0. The predicted molar refractivity (Wildman–Crippen MR) is 71.8 cm³/mol. The highest BCUT2D eigenvalue weighted by Crippen LogP contribution is 2.16. The maximum absolute atomic E-state index is 8.66. The number of nitrogens with zero attached hydrogens (tertiary/aromatic N) is 2. The smallest absolute Gasteiger partial charge is 0.0638 e. The molecule has 0 amide bonds. The third kappa shape index (κ3) is 5.52. The molecule has 1 saturated heterocycles. The Morgan fingerprint density at radius 1 is 1.47 bits per heavy atom.